The average Bonchev–Trinajstić information content (AvgIpc) is 3.37. The van der Waals surface area contributed by atoms with Crippen molar-refractivity contribution in [3.63, 3.8) is 0 Å². The Bertz CT molecular complexity index is 1350. The van der Waals surface area contributed by atoms with E-state index >= 15 is 0 Å². The van der Waals surface area contributed by atoms with Crippen molar-refractivity contribution in [3.8, 4) is 5.75 Å². The Labute approximate surface area is 210 Å². The van der Waals surface area contributed by atoms with E-state index in [1.807, 2.05) is 84.9 Å². The minimum Gasteiger partial charge on any atom is -0.497 e. The van der Waals surface area contributed by atoms with Crippen LogP contribution in [0.4, 0.5) is 0 Å². The zero-order valence-electron chi connectivity index (χ0n) is 20.1. The number of hydrogen-bond donors (Lipinski definition) is 1. The fraction of sp³-hybridized carbons (Fsp3) is 0.207. The topological polar surface area (TPSA) is 76.5 Å². The molecule has 1 aromatic heterocycles. The van der Waals surface area contributed by atoms with Gasteiger partial charge in [0.15, 0.2) is 5.69 Å². The van der Waals surface area contributed by atoms with Crippen LogP contribution in [0.25, 0.3) is 0 Å². The summed E-state index contributed by atoms with van der Waals surface area (Å²) in [6.07, 6.45) is 0.650. The summed E-state index contributed by atoms with van der Waals surface area (Å²) in [5, 5.41) is 7.59. The van der Waals surface area contributed by atoms with Crippen LogP contribution >= 0.6 is 0 Å². The van der Waals surface area contributed by atoms with E-state index in [2.05, 4.69) is 10.4 Å². The Morgan fingerprint density at radius 3 is 2.42 bits per heavy atom. The molecule has 2 amide bonds. The third-order valence-corrected chi connectivity index (χ3v) is 6.40. The largest absolute Gasteiger partial charge is 0.497 e. The van der Waals surface area contributed by atoms with Gasteiger partial charge in [0, 0.05) is 19.2 Å². The van der Waals surface area contributed by atoms with E-state index in [0.717, 1.165) is 22.4 Å². The Kier molecular flexibility index (Phi) is 6.80. The molecule has 182 valence electrons. The van der Waals surface area contributed by atoms with Gasteiger partial charge in [0.1, 0.15) is 11.4 Å². The lowest BCUT2D eigenvalue weighted by Gasteiger charge is -2.27. The van der Waals surface area contributed by atoms with Gasteiger partial charge in [-0.3, -0.25) is 14.3 Å². The van der Waals surface area contributed by atoms with Crippen LogP contribution in [0.15, 0.2) is 91.0 Å². The molecule has 7 heteroatoms. The smallest absolute Gasteiger partial charge is 0.272 e. The molecule has 0 fully saturated rings. The molecule has 1 aliphatic heterocycles. The second-order valence-corrected chi connectivity index (χ2v) is 8.84. The zero-order chi connectivity index (χ0) is 24.9. The number of nitrogens with one attached hydrogen (secondary N) is 1. The molecule has 5 rings (SSSR count). The van der Waals surface area contributed by atoms with Gasteiger partial charge in [-0.2, -0.15) is 5.10 Å². The lowest BCUT2D eigenvalue weighted by Crippen LogP contribution is -2.39. The molecule has 1 atom stereocenters. The first-order valence-electron chi connectivity index (χ1n) is 12.0. The molecule has 0 radical (unpaired) electrons. The zero-order valence-corrected chi connectivity index (χ0v) is 20.1. The number of nitrogens with zero attached hydrogens (tertiary/aromatic N) is 3. The Morgan fingerprint density at radius 1 is 0.944 bits per heavy atom. The van der Waals surface area contributed by atoms with Crippen molar-refractivity contribution in [1.82, 2.24) is 20.0 Å². The van der Waals surface area contributed by atoms with Gasteiger partial charge in [-0.05, 0) is 35.2 Å². The molecule has 1 aliphatic rings. The molecule has 7 nitrogen and oxygen atoms in total. The van der Waals surface area contributed by atoms with Crippen LogP contribution < -0.4 is 10.1 Å². The van der Waals surface area contributed by atoms with E-state index in [9.17, 15) is 9.59 Å². The summed E-state index contributed by atoms with van der Waals surface area (Å²) < 4.78 is 6.93. The van der Waals surface area contributed by atoms with Gasteiger partial charge in [-0.25, -0.2) is 0 Å². The second-order valence-electron chi connectivity index (χ2n) is 8.84. The molecule has 1 N–H and O–H groups in total. The quantitative estimate of drug-likeness (QED) is 0.409. The molecule has 3 aromatic carbocycles. The van der Waals surface area contributed by atoms with Gasteiger partial charge in [-0.15, -0.1) is 0 Å². The first-order chi connectivity index (χ1) is 17.6. The Balaban J connectivity index is 1.32. The first kappa shape index (κ1) is 23.4. The van der Waals surface area contributed by atoms with E-state index in [1.165, 1.54) is 0 Å². The number of carbonyl (C=O) groups is 2. The van der Waals surface area contributed by atoms with Crippen molar-refractivity contribution < 1.29 is 14.3 Å². The molecule has 0 saturated carbocycles. The number of benzene rings is 3. The summed E-state index contributed by atoms with van der Waals surface area (Å²) >= 11 is 0. The molecule has 0 saturated heterocycles. The van der Waals surface area contributed by atoms with Crippen LogP contribution in [0.1, 0.15) is 43.7 Å². The van der Waals surface area contributed by atoms with Crippen molar-refractivity contribution in [2.24, 2.45) is 0 Å². The number of rotatable bonds is 8. The van der Waals surface area contributed by atoms with E-state index in [0.29, 0.717) is 31.7 Å². The van der Waals surface area contributed by atoms with E-state index in [1.54, 1.807) is 22.8 Å². The van der Waals surface area contributed by atoms with Gasteiger partial charge in [0.25, 0.3) is 11.8 Å². The molecule has 0 aliphatic carbocycles. The highest BCUT2D eigenvalue weighted by Gasteiger charge is 2.28. The second kappa shape index (κ2) is 10.5. The summed E-state index contributed by atoms with van der Waals surface area (Å²) in [6.45, 7) is 1.52. The summed E-state index contributed by atoms with van der Waals surface area (Å²) in [5.41, 5.74) is 3.79. The summed E-state index contributed by atoms with van der Waals surface area (Å²) in [5.74, 6) is 0.317. The minimum absolute atomic E-state index is 0.139. The van der Waals surface area contributed by atoms with Gasteiger partial charge >= 0.3 is 0 Å². The molecular weight excluding hydrogens is 452 g/mol. The van der Waals surface area contributed by atoms with Crippen molar-refractivity contribution >= 4 is 11.8 Å². The lowest BCUT2D eigenvalue weighted by molar-refractivity contribution is 0.0682. The number of hydrogen-bond acceptors (Lipinski definition) is 4. The summed E-state index contributed by atoms with van der Waals surface area (Å²) in [4.78, 5) is 28.2. The Hall–Kier alpha value is -4.39. The van der Waals surface area contributed by atoms with Crippen molar-refractivity contribution in [3.05, 3.63) is 119 Å². The third-order valence-electron chi connectivity index (χ3n) is 6.40. The molecule has 4 aromatic rings. The fourth-order valence-electron chi connectivity index (χ4n) is 4.51. The molecule has 0 spiro atoms. The maximum Gasteiger partial charge on any atom is 0.272 e. The maximum absolute atomic E-state index is 13.3. The number of ether oxygens (including phenoxy) is 1. The first-order valence-corrected chi connectivity index (χ1v) is 12.0. The predicted octanol–water partition coefficient (Wildman–Crippen LogP) is 4.26. The molecule has 36 heavy (non-hydrogen) atoms. The molecule has 0 bridgehead atoms. The standard InChI is InChI=1S/C29H28N4O3/c1-36-24-14-8-11-22(17-24)20-32-15-16-33-27(29(32)35)19-26(31-33)28(34)30-25(23-12-6-3-7-13-23)18-21-9-4-2-5-10-21/h2-14,17,19,25H,15-16,18,20H2,1H3,(H,30,34)/t25-/m1/s1. The Morgan fingerprint density at radius 2 is 1.67 bits per heavy atom. The molecule has 2 heterocycles. The van der Waals surface area contributed by atoms with Crippen LogP contribution in [0.3, 0.4) is 0 Å². The predicted molar refractivity (Wildman–Crippen MR) is 137 cm³/mol. The van der Waals surface area contributed by atoms with Crippen molar-refractivity contribution in [1.29, 1.82) is 0 Å². The van der Waals surface area contributed by atoms with Crippen molar-refractivity contribution in [2.45, 2.75) is 25.6 Å². The van der Waals surface area contributed by atoms with Crippen LogP contribution in [-0.4, -0.2) is 40.1 Å². The van der Waals surface area contributed by atoms with Gasteiger partial charge in [0.05, 0.1) is 19.7 Å². The highest BCUT2D eigenvalue weighted by atomic mass is 16.5. The highest BCUT2D eigenvalue weighted by molar-refractivity contribution is 5.98. The number of methoxy groups -OCH3 is 1. The summed E-state index contributed by atoms with van der Waals surface area (Å²) in [7, 11) is 1.62. The number of aromatic nitrogens is 2. The average molecular weight is 481 g/mol. The SMILES string of the molecule is COc1cccc(CN2CCn3nc(C(=O)N[C@H](Cc4ccccc4)c4ccccc4)cc3C2=O)c1. The molecule has 0 unspecified atom stereocenters. The fourth-order valence-corrected chi connectivity index (χ4v) is 4.51. The summed E-state index contributed by atoms with van der Waals surface area (Å²) in [6, 6.07) is 29.0. The van der Waals surface area contributed by atoms with Crippen LogP contribution in [0, 0.1) is 0 Å². The van der Waals surface area contributed by atoms with E-state index < -0.39 is 0 Å². The van der Waals surface area contributed by atoms with Gasteiger partial charge in [-0.1, -0.05) is 72.8 Å². The number of fused-ring (bicyclic) bond motifs is 1. The highest BCUT2D eigenvalue weighted by Crippen LogP contribution is 2.21. The normalized spacial score (nSPS) is 13.7. The van der Waals surface area contributed by atoms with Crippen LogP contribution in [0.5, 0.6) is 5.75 Å². The van der Waals surface area contributed by atoms with Gasteiger partial charge in [0.2, 0.25) is 0 Å². The van der Waals surface area contributed by atoms with Crippen LogP contribution in [-0.2, 0) is 19.5 Å². The number of amides is 2. The van der Waals surface area contributed by atoms with Crippen LogP contribution in [0.2, 0.25) is 0 Å². The monoisotopic (exact) mass is 480 g/mol. The number of carbonyl (C=O) groups excluding carboxylic acids is 2. The third kappa shape index (κ3) is 5.15. The minimum atomic E-state index is -0.297. The maximum atomic E-state index is 13.3. The van der Waals surface area contributed by atoms with Gasteiger partial charge < -0.3 is 15.0 Å². The van der Waals surface area contributed by atoms with E-state index in [4.69, 9.17) is 4.74 Å². The molecular formula is C29H28N4O3. The lowest BCUT2D eigenvalue weighted by atomic mass is 9.98. The van der Waals surface area contributed by atoms with Crippen molar-refractivity contribution in [2.75, 3.05) is 13.7 Å². The van der Waals surface area contributed by atoms with E-state index in [-0.39, 0.29) is 23.6 Å².